The Labute approximate surface area is 218 Å². The lowest BCUT2D eigenvalue weighted by Gasteiger charge is -2.25. The zero-order valence-corrected chi connectivity index (χ0v) is 21.8. The number of aliphatic carboxylic acids is 1. The second kappa shape index (κ2) is 14.1. The quantitative estimate of drug-likeness (QED) is 0.150. The Kier molecular flexibility index (Phi) is 11.6. The number of H-pyrrole nitrogens is 1. The van der Waals surface area contributed by atoms with Gasteiger partial charge in [0.25, 0.3) is 0 Å². The molecule has 13 heteroatoms. The minimum Gasteiger partial charge on any atom is -0.480 e. The van der Waals surface area contributed by atoms with E-state index in [1.54, 1.807) is 6.20 Å². The molecule has 1 aromatic heterocycles. The average molecular weight is 540 g/mol. The molecule has 11 nitrogen and oxygen atoms in total. The van der Waals surface area contributed by atoms with Gasteiger partial charge in [-0.05, 0) is 37.0 Å². The van der Waals surface area contributed by atoms with Crippen molar-refractivity contribution in [1.29, 1.82) is 0 Å². The number of carboxylic acid groups (broad SMARTS) is 1. The third kappa shape index (κ3) is 8.15. The molecule has 0 bridgehead atoms. The van der Waals surface area contributed by atoms with Crippen molar-refractivity contribution in [2.45, 2.75) is 50.0 Å². The van der Waals surface area contributed by atoms with E-state index in [-0.39, 0.29) is 18.6 Å². The van der Waals surface area contributed by atoms with Crippen LogP contribution in [0.25, 0.3) is 10.9 Å². The summed E-state index contributed by atoms with van der Waals surface area (Å²) in [6, 6.07) is 2.77. The number of carboxylic acids is 1. The van der Waals surface area contributed by atoms with Gasteiger partial charge >= 0.3 is 5.97 Å². The number of fused-ring (bicyclic) bond motifs is 1. The lowest BCUT2D eigenvalue weighted by atomic mass is 10.0. The number of nitrogens with one attached hydrogen (secondary N) is 4. The van der Waals surface area contributed by atoms with E-state index in [0.29, 0.717) is 5.75 Å². The number of hydrogen-bond acceptors (Lipinski definition) is 8. The fraction of sp³-hybridized carbons (Fsp3) is 0.478. The number of rotatable bonds is 14. The molecule has 36 heavy (non-hydrogen) atoms. The van der Waals surface area contributed by atoms with E-state index in [4.69, 9.17) is 5.73 Å². The van der Waals surface area contributed by atoms with Crippen LogP contribution in [0.1, 0.15) is 18.9 Å². The molecule has 2 rings (SSSR count). The van der Waals surface area contributed by atoms with Gasteiger partial charge in [0.15, 0.2) is 0 Å². The van der Waals surface area contributed by atoms with Crippen LogP contribution in [0.4, 0.5) is 0 Å². The minimum absolute atomic E-state index is 0.0663. The van der Waals surface area contributed by atoms with Crippen molar-refractivity contribution in [3.05, 3.63) is 36.0 Å². The average Bonchev–Trinajstić information content (AvgIpc) is 3.26. The summed E-state index contributed by atoms with van der Waals surface area (Å²) >= 11 is 5.57. The van der Waals surface area contributed by atoms with Crippen molar-refractivity contribution in [2.75, 3.05) is 17.8 Å². The number of nitrogens with two attached hydrogens (primary N) is 1. The highest BCUT2D eigenvalue weighted by atomic mass is 32.2. The van der Waals surface area contributed by atoms with Crippen molar-refractivity contribution < 1.29 is 29.4 Å². The lowest BCUT2D eigenvalue weighted by Crippen LogP contribution is -2.59. The zero-order valence-electron chi connectivity index (χ0n) is 20.1. The number of benzene rings is 1. The molecule has 0 aliphatic carbocycles. The fourth-order valence-corrected chi connectivity index (χ4v) is 4.18. The molecule has 5 unspecified atom stereocenters. The molecule has 1 heterocycles. The van der Waals surface area contributed by atoms with Crippen molar-refractivity contribution in [3.8, 4) is 0 Å². The summed E-state index contributed by atoms with van der Waals surface area (Å²) in [7, 11) is 0. The first-order valence-corrected chi connectivity index (χ1v) is 13.3. The Hall–Kier alpha value is -2.74. The van der Waals surface area contributed by atoms with Crippen LogP contribution < -0.4 is 21.7 Å². The van der Waals surface area contributed by atoms with E-state index in [2.05, 4.69) is 33.6 Å². The molecule has 0 aliphatic heterocycles. The van der Waals surface area contributed by atoms with E-state index in [0.717, 1.165) is 16.5 Å². The van der Waals surface area contributed by atoms with Gasteiger partial charge in [-0.25, -0.2) is 4.79 Å². The van der Waals surface area contributed by atoms with Gasteiger partial charge in [-0.3, -0.25) is 14.4 Å². The first-order valence-electron chi connectivity index (χ1n) is 11.3. The molecule has 8 N–H and O–H groups in total. The van der Waals surface area contributed by atoms with Crippen LogP contribution in [0, 0.1) is 0 Å². The van der Waals surface area contributed by atoms with Crippen LogP contribution in [0.2, 0.25) is 0 Å². The normalized spacial score (nSPS) is 15.4. The summed E-state index contributed by atoms with van der Waals surface area (Å²) in [5.41, 5.74) is 7.22. The second-order valence-electron chi connectivity index (χ2n) is 8.32. The van der Waals surface area contributed by atoms with E-state index < -0.39 is 54.0 Å². The number of aromatic amines is 1. The van der Waals surface area contributed by atoms with Crippen LogP contribution in [0.5, 0.6) is 0 Å². The SMILES string of the molecule is CSCCC(NC(=O)C(Cc1c[nH]c2ccccc12)NC(=O)C(CS)NC(=O)C(N)C(C)O)C(=O)O. The molecule has 0 spiro atoms. The van der Waals surface area contributed by atoms with Gasteiger partial charge in [-0.2, -0.15) is 24.4 Å². The Balaban J connectivity index is 2.26. The standard InChI is InChI=1S/C23H33N5O6S2/c1-12(29)19(24)22(32)28-18(11-35)21(31)27-17(20(30)26-16(23(33)34)7-8-36-2)9-13-10-25-15-6-4-3-5-14(13)15/h3-6,10,12,16-19,25,29,35H,7-9,11,24H2,1-2H3,(H,26,30)(H,27,31)(H,28,32)(H,33,34). The molecule has 3 amide bonds. The van der Waals surface area contributed by atoms with E-state index in [1.807, 2.05) is 30.5 Å². The molecule has 0 radical (unpaired) electrons. The minimum atomic E-state index is -1.25. The van der Waals surface area contributed by atoms with Crippen LogP contribution in [0.3, 0.4) is 0 Å². The van der Waals surface area contributed by atoms with Crippen LogP contribution in [0.15, 0.2) is 30.5 Å². The highest BCUT2D eigenvalue weighted by Crippen LogP contribution is 2.19. The van der Waals surface area contributed by atoms with Gasteiger partial charge in [0, 0.05) is 29.3 Å². The molecule has 2 aromatic rings. The Morgan fingerprint density at radius 3 is 2.28 bits per heavy atom. The third-order valence-corrected chi connectivity index (χ3v) is 6.60. The summed E-state index contributed by atoms with van der Waals surface area (Å²) in [4.78, 5) is 53.2. The van der Waals surface area contributed by atoms with E-state index >= 15 is 0 Å². The van der Waals surface area contributed by atoms with Crippen molar-refractivity contribution >= 4 is 59.0 Å². The molecule has 5 atom stereocenters. The molecule has 0 saturated heterocycles. The predicted molar refractivity (Wildman–Crippen MR) is 142 cm³/mol. The van der Waals surface area contributed by atoms with E-state index in [1.165, 1.54) is 18.7 Å². The van der Waals surface area contributed by atoms with Crippen LogP contribution in [-0.2, 0) is 25.6 Å². The number of aliphatic hydroxyl groups is 1. The van der Waals surface area contributed by atoms with Gasteiger partial charge in [0.05, 0.1) is 6.10 Å². The fourth-order valence-electron chi connectivity index (χ4n) is 3.45. The van der Waals surface area contributed by atoms with Crippen LogP contribution >= 0.6 is 24.4 Å². The van der Waals surface area contributed by atoms with Crippen molar-refractivity contribution in [2.24, 2.45) is 5.73 Å². The molecule has 0 aliphatic rings. The number of carbonyl (C=O) groups is 4. The summed E-state index contributed by atoms with van der Waals surface area (Å²) in [6.07, 6.45) is 2.69. The highest BCUT2D eigenvalue weighted by Gasteiger charge is 2.31. The largest absolute Gasteiger partial charge is 0.480 e. The van der Waals surface area contributed by atoms with Gasteiger partial charge in [0.1, 0.15) is 24.2 Å². The molecular weight excluding hydrogens is 506 g/mol. The number of hydrogen-bond donors (Lipinski definition) is 8. The second-order valence-corrected chi connectivity index (χ2v) is 9.67. The Morgan fingerprint density at radius 2 is 1.67 bits per heavy atom. The number of aromatic nitrogens is 1. The number of carbonyl (C=O) groups excluding carboxylic acids is 3. The van der Waals surface area contributed by atoms with Crippen LogP contribution in [-0.4, -0.2) is 86.9 Å². The van der Waals surface area contributed by atoms with Gasteiger partial charge in [-0.15, -0.1) is 0 Å². The molecule has 198 valence electrons. The number of thioether (sulfide) groups is 1. The molecular formula is C23H33N5O6S2. The Morgan fingerprint density at radius 1 is 1.06 bits per heavy atom. The molecule has 0 saturated carbocycles. The van der Waals surface area contributed by atoms with Crippen molar-refractivity contribution in [3.63, 3.8) is 0 Å². The summed E-state index contributed by atoms with van der Waals surface area (Å²) in [5.74, 6) is -2.88. The zero-order chi connectivity index (χ0) is 26.8. The van der Waals surface area contributed by atoms with E-state index in [9.17, 15) is 29.4 Å². The summed E-state index contributed by atoms with van der Waals surface area (Å²) in [5, 5.41) is 27.5. The summed E-state index contributed by atoms with van der Waals surface area (Å²) < 4.78 is 0. The first-order chi connectivity index (χ1) is 17.1. The molecule has 1 aromatic carbocycles. The topological polar surface area (TPSA) is 187 Å². The predicted octanol–water partition coefficient (Wildman–Crippen LogP) is -0.360. The highest BCUT2D eigenvalue weighted by molar-refractivity contribution is 7.98. The van der Waals surface area contributed by atoms with Gasteiger partial charge < -0.3 is 36.9 Å². The van der Waals surface area contributed by atoms with Gasteiger partial charge in [0.2, 0.25) is 17.7 Å². The number of amides is 3. The van der Waals surface area contributed by atoms with Crippen molar-refractivity contribution in [1.82, 2.24) is 20.9 Å². The monoisotopic (exact) mass is 539 g/mol. The van der Waals surface area contributed by atoms with Gasteiger partial charge in [-0.1, -0.05) is 18.2 Å². The Bertz CT molecular complexity index is 1060. The third-order valence-electron chi connectivity index (χ3n) is 5.60. The number of thiol groups is 1. The maximum atomic E-state index is 13.2. The maximum absolute atomic E-state index is 13.2. The number of para-hydroxylation sites is 1. The summed E-state index contributed by atoms with van der Waals surface area (Å²) in [6.45, 7) is 1.34. The smallest absolute Gasteiger partial charge is 0.326 e. The first kappa shape index (κ1) is 29.5. The lowest BCUT2D eigenvalue weighted by molar-refractivity contribution is -0.142. The molecule has 0 fully saturated rings. The number of aliphatic hydroxyl groups excluding tert-OH is 1. The maximum Gasteiger partial charge on any atom is 0.326 e.